The molecule has 1 amide bonds. The van der Waals surface area contributed by atoms with E-state index in [9.17, 15) is 14.4 Å². The van der Waals surface area contributed by atoms with Gasteiger partial charge >= 0.3 is 12.1 Å². The van der Waals surface area contributed by atoms with Crippen LogP contribution in [0.25, 0.3) is 22.0 Å². The van der Waals surface area contributed by atoms with E-state index in [2.05, 4.69) is 46.4 Å². The first-order valence-corrected chi connectivity index (χ1v) is 11.0. The van der Waals surface area contributed by atoms with Crippen LogP contribution in [-0.4, -0.2) is 35.3 Å². The van der Waals surface area contributed by atoms with Crippen LogP contribution in [0.2, 0.25) is 0 Å². The lowest BCUT2D eigenvalue weighted by Crippen LogP contribution is -2.26. The predicted molar refractivity (Wildman–Crippen MR) is 131 cm³/mol. The number of pyridine rings is 1. The lowest BCUT2D eigenvalue weighted by molar-refractivity contribution is 0.0695. The Morgan fingerprint density at radius 3 is 2.37 bits per heavy atom. The Hall–Kier alpha value is -4.83. The highest BCUT2D eigenvalue weighted by molar-refractivity contribution is 5.92. The van der Waals surface area contributed by atoms with Crippen molar-refractivity contribution in [3.05, 3.63) is 105 Å². The molecule has 35 heavy (non-hydrogen) atoms. The highest BCUT2D eigenvalue weighted by Crippen LogP contribution is 2.44. The molecule has 7 heteroatoms. The van der Waals surface area contributed by atoms with Crippen LogP contribution in [0.5, 0.6) is 0 Å². The van der Waals surface area contributed by atoms with Crippen LogP contribution in [-0.2, 0) is 4.74 Å². The molecular weight excluding hydrogens is 444 g/mol. The van der Waals surface area contributed by atoms with Gasteiger partial charge in [-0.25, -0.2) is 9.59 Å². The summed E-state index contributed by atoms with van der Waals surface area (Å²) >= 11 is 0. The molecule has 0 unspecified atom stereocenters. The molecule has 1 heterocycles. The molecule has 0 fully saturated rings. The predicted octanol–water partition coefficient (Wildman–Crippen LogP) is 4.12. The van der Waals surface area contributed by atoms with Crippen LogP contribution in [0.1, 0.15) is 33.0 Å². The number of hydrogen-bond donors (Lipinski definition) is 3. The van der Waals surface area contributed by atoms with Crippen molar-refractivity contribution in [3.8, 4) is 23.0 Å². The number of carboxylic acids is 1. The van der Waals surface area contributed by atoms with E-state index in [1.54, 1.807) is 12.1 Å². The first-order valence-electron chi connectivity index (χ1n) is 11.0. The Morgan fingerprint density at radius 2 is 1.69 bits per heavy atom. The molecular formula is C28H20N2O5. The summed E-state index contributed by atoms with van der Waals surface area (Å²) in [4.78, 5) is 38.6. The maximum Gasteiger partial charge on any atom is 0.407 e. The standard InChI is InChI=1S/C28H20N2O5/c31-26-22-14-17(11-12-25(22)30-15-23(26)27(32)33)6-5-13-29-28(34)35-16-24-20-9-3-1-7-18(20)19-8-2-4-10-21(19)24/h1-4,7-12,14-15,24H,13,16H2,(H,29,34)(H,30,31)(H,32,33). The summed E-state index contributed by atoms with van der Waals surface area (Å²) in [7, 11) is 0. The number of ether oxygens (including phenoxy) is 1. The highest BCUT2D eigenvalue weighted by atomic mass is 16.5. The molecule has 4 aromatic rings. The number of carbonyl (C=O) groups is 2. The summed E-state index contributed by atoms with van der Waals surface area (Å²) in [5.41, 5.74) is 4.73. The van der Waals surface area contributed by atoms with E-state index in [0.717, 1.165) is 22.3 Å². The second-order valence-electron chi connectivity index (χ2n) is 8.08. The summed E-state index contributed by atoms with van der Waals surface area (Å²) in [6.45, 7) is 0.271. The summed E-state index contributed by atoms with van der Waals surface area (Å²) in [6, 6.07) is 21.1. The second kappa shape index (κ2) is 9.20. The van der Waals surface area contributed by atoms with Crippen molar-refractivity contribution >= 4 is 23.0 Å². The lowest BCUT2D eigenvalue weighted by atomic mass is 9.98. The average molecular weight is 464 g/mol. The number of alkyl carbamates (subject to hydrolysis) is 1. The number of amides is 1. The molecule has 0 radical (unpaired) electrons. The zero-order chi connectivity index (χ0) is 24.4. The second-order valence-corrected chi connectivity index (χ2v) is 8.08. The molecule has 1 aliphatic carbocycles. The molecule has 0 bridgehead atoms. The summed E-state index contributed by atoms with van der Waals surface area (Å²) < 4.78 is 5.48. The zero-order valence-corrected chi connectivity index (χ0v) is 18.5. The first-order chi connectivity index (χ1) is 17.0. The SMILES string of the molecule is O=C(NCC#Cc1ccc2[nH]cc(C(=O)O)c(=O)c2c1)OCC1c2ccccc2-c2ccccc21. The number of rotatable bonds is 4. The number of carbonyl (C=O) groups excluding carboxylic acids is 1. The highest BCUT2D eigenvalue weighted by Gasteiger charge is 2.28. The van der Waals surface area contributed by atoms with Gasteiger partial charge in [0.25, 0.3) is 0 Å². The van der Waals surface area contributed by atoms with Crippen LogP contribution in [0.15, 0.2) is 77.7 Å². The topological polar surface area (TPSA) is 108 Å². The van der Waals surface area contributed by atoms with Crippen molar-refractivity contribution in [2.45, 2.75) is 5.92 Å². The van der Waals surface area contributed by atoms with E-state index in [-0.39, 0.29) is 30.0 Å². The van der Waals surface area contributed by atoms with Crippen LogP contribution in [0, 0.1) is 11.8 Å². The third-order valence-corrected chi connectivity index (χ3v) is 6.01. The molecule has 5 rings (SSSR count). The van der Waals surface area contributed by atoms with Crippen LogP contribution in [0.3, 0.4) is 0 Å². The smallest absolute Gasteiger partial charge is 0.407 e. The third-order valence-electron chi connectivity index (χ3n) is 6.01. The monoisotopic (exact) mass is 464 g/mol. The first kappa shape index (κ1) is 22.0. The van der Waals surface area contributed by atoms with E-state index in [4.69, 9.17) is 9.84 Å². The van der Waals surface area contributed by atoms with Gasteiger partial charge in [-0.3, -0.25) is 4.79 Å². The van der Waals surface area contributed by atoms with Gasteiger partial charge in [-0.05, 0) is 40.5 Å². The number of aromatic nitrogens is 1. The van der Waals surface area contributed by atoms with E-state index >= 15 is 0 Å². The fraction of sp³-hybridized carbons (Fsp3) is 0.107. The molecule has 172 valence electrons. The van der Waals surface area contributed by atoms with Gasteiger partial charge in [-0.15, -0.1) is 0 Å². The van der Waals surface area contributed by atoms with Gasteiger partial charge in [0.1, 0.15) is 12.2 Å². The van der Waals surface area contributed by atoms with Gasteiger partial charge in [0.15, 0.2) is 0 Å². The number of benzene rings is 3. The minimum Gasteiger partial charge on any atom is -0.477 e. The number of aromatic carboxylic acids is 1. The number of carboxylic acid groups (broad SMARTS) is 1. The molecule has 0 saturated carbocycles. The number of nitrogens with one attached hydrogen (secondary N) is 2. The van der Waals surface area contributed by atoms with E-state index < -0.39 is 17.5 Å². The van der Waals surface area contributed by atoms with Gasteiger partial charge in [0, 0.05) is 28.6 Å². The molecule has 0 saturated heterocycles. The van der Waals surface area contributed by atoms with Crippen molar-refractivity contribution in [2.24, 2.45) is 0 Å². The van der Waals surface area contributed by atoms with Crippen LogP contribution in [0.4, 0.5) is 4.79 Å². The number of aromatic amines is 1. The molecule has 3 N–H and O–H groups in total. The minimum atomic E-state index is -1.29. The van der Waals surface area contributed by atoms with Crippen molar-refractivity contribution < 1.29 is 19.4 Å². The molecule has 1 aliphatic rings. The minimum absolute atomic E-state index is 0.0226. The zero-order valence-electron chi connectivity index (χ0n) is 18.5. The van der Waals surface area contributed by atoms with E-state index in [1.807, 2.05) is 24.3 Å². The molecule has 1 aromatic heterocycles. The van der Waals surface area contributed by atoms with E-state index in [1.165, 1.54) is 12.3 Å². The van der Waals surface area contributed by atoms with Gasteiger partial charge in [-0.1, -0.05) is 60.4 Å². The Bertz CT molecular complexity index is 1550. The maximum absolute atomic E-state index is 12.4. The van der Waals surface area contributed by atoms with Crippen molar-refractivity contribution in [2.75, 3.05) is 13.2 Å². The van der Waals surface area contributed by atoms with Gasteiger partial charge in [0.2, 0.25) is 5.43 Å². The molecule has 3 aromatic carbocycles. The molecule has 0 spiro atoms. The van der Waals surface area contributed by atoms with Gasteiger partial charge in [0.05, 0.1) is 6.54 Å². The number of hydrogen-bond acceptors (Lipinski definition) is 4. The van der Waals surface area contributed by atoms with E-state index in [0.29, 0.717) is 11.1 Å². The van der Waals surface area contributed by atoms with Crippen LogP contribution < -0.4 is 10.7 Å². The fourth-order valence-electron chi connectivity index (χ4n) is 4.37. The average Bonchev–Trinajstić information content (AvgIpc) is 3.19. The maximum atomic E-state index is 12.4. The lowest BCUT2D eigenvalue weighted by Gasteiger charge is -2.14. The fourth-order valence-corrected chi connectivity index (χ4v) is 4.37. The summed E-state index contributed by atoms with van der Waals surface area (Å²) in [6.07, 6.45) is 0.610. The summed E-state index contributed by atoms with van der Waals surface area (Å²) in [5.74, 6) is 4.38. The Balaban J connectivity index is 1.22. The normalized spacial score (nSPS) is 11.8. The quantitative estimate of drug-likeness (QED) is 0.394. The van der Waals surface area contributed by atoms with Crippen molar-refractivity contribution in [1.82, 2.24) is 10.3 Å². The van der Waals surface area contributed by atoms with Gasteiger partial charge in [-0.2, -0.15) is 0 Å². The number of H-pyrrole nitrogens is 1. The van der Waals surface area contributed by atoms with Crippen LogP contribution >= 0.6 is 0 Å². The largest absolute Gasteiger partial charge is 0.477 e. The molecule has 7 nitrogen and oxygen atoms in total. The van der Waals surface area contributed by atoms with Gasteiger partial charge < -0.3 is 20.1 Å². The number of fused-ring (bicyclic) bond motifs is 4. The third kappa shape index (κ3) is 4.25. The van der Waals surface area contributed by atoms with Crippen molar-refractivity contribution in [3.63, 3.8) is 0 Å². The Kier molecular flexibility index (Phi) is 5.78. The molecule has 0 atom stereocenters. The summed E-state index contributed by atoms with van der Waals surface area (Å²) in [5, 5.41) is 12.0. The Morgan fingerprint density at radius 1 is 1.00 bits per heavy atom. The Labute approximate surface area is 200 Å². The van der Waals surface area contributed by atoms with Crippen molar-refractivity contribution in [1.29, 1.82) is 0 Å². The molecule has 0 aliphatic heterocycles.